The number of nitrogens with zero attached hydrogens (tertiary/aromatic N) is 1. The molecule has 96 valence electrons. The number of rotatable bonds is 4. The van der Waals surface area contributed by atoms with Gasteiger partial charge in [0, 0.05) is 19.0 Å². The summed E-state index contributed by atoms with van der Waals surface area (Å²) in [6, 6.07) is 0. The van der Waals surface area contributed by atoms with Crippen LogP contribution in [0.2, 0.25) is 0 Å². The van der Waals surface area contributed by atoms with Gasteiger partial charge in [-0.3, -0.25) is 4.79 Å². The number of likely N-dealkylation sites (tertiary alicyclic amines) is 1. The van der Waals surface area contributed by atoms with Gasteiger partial charge in [0.15, 0.2) is 0 Å². The first-order chi connectivity index (χ1) is 8.31. The quantitative estimate of drug-likeness (QED) is 0.703. The molecule has 1 atom stereocenters. The van der Waals surface area contributed by atoms with Gasteiger partial charge in [0.05, 0.1) is 12.7 Å². The second-order valence-corrected chi connectivity index (χ2v) is 5.15. The number of ether oxygens (including phenoxy) is 1. The fourth-order valence-electron chi connectivity index (χ4n) is 2.91. The van der Waals surface area contributed by atoms with Crippen LogP contribution in [0.1, 0.15) is 38.5 Å². The van der Waals surface area contributed by atoms with Crippen molar-refractivity contribution in [2.45, 2.75) is 44.6 Å². The highest BCUT2D eigenvalue weighted by atomic mass is 16.5. The highest BCUT2D eigenvalue weighted by Crippen LogP contribution is 2.27. The van der Waals surface area contributed by atoms with Gasteiger partial charge in [-0.1, -0.05) is 18.9 Å². The first kappa shape index (κ1) is 12.6. The third-order valence-electron chi connectivity index (χ3n) is 3.84. The van der Waals surface area contributed by atoms with Gasteiger partial charge < -0.3 is 9.64 Å². The molecule has 3 heteroatoms. The average molecular weight is 237 g/mol. The summed E-state index contributed by atoms with van der Waals surface area (Å²) in [7, 11) is 0. The van der Waals surface area contributed by atoms with Gasteiger partial charge in [0.25, 0.3) is 0 Å². The standard InChI is InChI=1S/C14H23NO2/c1-2-10-17-13-8-5-9-15(11-13)14(16)12-6-3-4-7-12/h2,12-13H,1,3-11H2. The van der Waals surface area contributed by atoms with E-state index in [0.29, 0.717) is 18.4 Å². The van der Waals surface area contributed by atoms with Gasteiger partial charge in [0.1, 0.15) is 0 Å². The molecule has 3 nitrogen and oxygen atoms in total. The topological polar surface area (TPSA) is 29.5 Å². The molecule has 1 saturated carbocycles. The van der Waals surface area contributed by atoms with Crippen molar-refractivity contribution in [1.29, 1.82) is 0 Å². The summed E-state index contributed by atoms with van der Waals surface area (Å²) in [6.45, 7) is 5.95. The molecule has 1 saturated heterocycles. The van der Waals surface area contributed by atoms with Gasteiger partial charge in [0.2, 0.25) is 5.91 Å². The molecule has 1 amide bonds. The third kappa shape index (κ3) is 3.32. The second-order valence-electron chi connectivity index (χ2n) is 5.15. The normalized spacial score (nSPS) is 26.1. The zero-order valence-electron chi connectivity index (χ0n) is 10.6. The first-order valence-electron chi connectivity index (χ1n) is 6.82. The van der Waals surface area contributed by atoms with Crippen LogP contribution in [-0.2, 0) is 9.53 Å². The van der Waals surface area contributed by atoms with Crippen molar-refractivity contribution >= 4 is 5.91 Å². The number of carbonyl (C=O) groups is 1. The lowest BCUT2D eigenvalue weighted by molar-refractivity contribution is -0.139. The van der Waals surface area contributed by atoms with E-state index in [1.165, 1.54) is 12.8 Å². The molecule has 17 heavy (non-hydrogen) atoms. The molecule has 2 fully saturated rings. The Bertz CT molecular complexity index is 271. The molecule has 0 N–H and O–H groups in total. The van der Waals surface area contributed by atoms with Crippen LogP contribution in [0, 0.1) is 5.92 Å². The summed E-state index contributed by atoms with van der Waals surface area (Å²) in [5, 5.41) is 0. The van der Waals surface area contributed by atoms with Crippen molar-refractivity contribution in [3.63, 3.8) is 0 Å². The van der Waals surface area contributed by atoms with E-state index in [0.717, 1.165) is 38.8 Å². The van der Waals surface area contributed by atoms with Crippen LogP contribution in [-0.4, -0.2) is 36.6 Å². The number of hydrogen-bond donors (Lipinski definition) is 0. The second kappa shape index (κ2) is 6.20. The van der Waals surface area contributed by atoms with Crippen LogP contribution in [0.5, 0.6) is 0 Å². The van der Waals surface area contributed by atoms with Crippen molar-refractivity contribution in [3.05, 3.63) is 12.7 Å². The molecule has 0 bridgehead atoms. The van der Waals surface area contributed by atoms with E-state index in [1.807, 2.05) is 4.90 Å². The molecule has 0 aromatic rings. The molecule has 2 rings (SSSR count). The fraction of sp³-hybridized carbons (Fsp3) is 0.786. The molecule has 0 spiro atoms. The molecule has 0 aromatic carbocycles. The minimum Gasteiger partial charge on any atom is -0.372 e. The summed E-state index contributed by atoms with van der Waals surface area (Å²) in [4.78, 5) is 14.3. The first-order valence-corrected chi connectivity index (χ1v) is 6.82. The van der Waals surface area contributed by atoms with Gasteiger partial charge in [-0.25, -0.2) is 0 Å². The summed E-state index contributed by atoms with van der Waals surface area (Å²) in [5.74, 6) is 0.669. The zero-order chi connectivity index (χ0) is 12.1. The molecule has 1 heterocycles. The third-order valence-corrected chi connectivity index (χ3v) is 3.84. The summed E-state index contributed by atoms with van der Waals surface area (Å²) in [5.41, 5.74) is 0. The molecule has 1 aliphatic carbocycles. The zero-order valence-corrected chi connectivity index (χ0v) is 10.6. The predicted molar refractivity (Wildman–Crippen MR) is 67.7 cm³/mol. The SMILES string of the molecule is C=CCOC1CCCN(C(=O)C2CCCC2)C1. The van der Waals surface area contributed by atoms with Crippen LogP contribution >= 0.6 is 0 Å². The Morgan fingerprint density at radius 2 is 2.06 bits per heavy atom. The molecular formula is C14H23NO2. The highest BCUT2D eigenvalue weighted by molar-refractivity contribution is 5.79. The minimum atomic E-state index is 0.215. The Balaban J connectivity index is 1.83. The molecule has 1 aliphatic heterocycles. The van der Waals surface area contributed by atoms with Crippen molar-refractivity contribution in [3.8, 4) is 0 Å². The van der Waals surface area contributed by atoms with Gasteiger partial charge in [-0.05, 0) is 25.7 Å². The maximum absolute atomic E-state index is 12.3. The number of amides is 1. The van der Waals surface area contributed by atoms with Crippen molar-refractivity contribution in [2.75, 3.05) is 19.7 Å². The number of piperidine rings is 1. The molecule has 0 radical (unpaired) electrons. The van der Waals surface area contributed by atoms with E-state index in [9.17, 15) is 4.79 Å². The van der Waals surface area contributed by atoms with E-state index < -0.39 is 0 Å². The summed E-state index contributed by atoms with van der Waals surface area (Å²) < 4.78 is 5.66. The van der Waals surface area contributed by atoms with Crippen molar-refractivity contribution < 1.29 is 9.53 Å². The molecule has 1 unspecified atom stereocenters. The predicted octanol–water partition coefficient (Wildman–Crippen LogP) is 2.37. The summed E-state index contributed by atoms with van der Waals surface area (Å²) >= 11 is 0. The fourth-order valence-corrected chi connectivity index (χ4v) is 2.91. The smallest absolute Gasteiger partial charge is 0.225 e. The van der Waals surface area contributed by atoms with Crippen molar-refractivity contribution in [2.24, 2.45) is 5.92 Å². The molecule has 2 aliphatic rings. The van der Waals surface area contributed by atoms with E-state index >= 15 is 0 Å². The van der Waals surface area contributed by atoms with E-state index in [2.05, 4.69) is 6.58 Å². The monoisotopic (exact) mass is 237 g/mol. The Morgan fingerprint density at radius 3 is 2.76 bits per heavy atom. The van der Waals surface area contributed by atoms with E-state index in [-0.39, 0.29) is 6.10 Å². The maximum Gasteiger partial charge on any atom is 0.225 e. The summed E-state index contributed by atoms with van der Waals surface area (Å²) in [6.07, 6.45) is 8.76. The van der Waals surface area contributed by atoms with Crippen LogP contribution in [0.25, 0.3) is 0 Å². The molecule has 0 aromatic heterocycles. The lowest BCUT2D eigenvalue weighted by Gasteiger charge is -2.34. The Labute approximate surface area is 104 Å². The Hall–Kier alpha value is -0.830. The highest BCUT2D eigenvalue weighted by Gasteiger charge is 2.30. The average Bonchev–Trinajstić information content (AvgIpc) is 2.89. The van der Waals surface area contributed by atoms with Crippen LogP contribution in [0.3, 0.4) is 0 Å². The van der Waals surface area contributed by atoms with Crippen LogP contribution in [0.15, 0.2) is 12.7 Å². The number of hydrogen-bond acceptors (Lipinski definition) is 2. The number of carbonyl (C=O) groups excluding carboxylic acids is 1. The van der Waals surface area contributed by atoms with E-state index in [4.69, 9.17) is 4.74 Å². The van der Waals surface area contributed by atoms with Crippen LogP contribution in [0.4, 0.5) is 0 Å². The van der Waals surface area contributed by atoms with Gasteiger partial charge in [-0.15, -0.1) is 6.58 Å². The van der Waals surface area contributed by atoms with Gasteiger partial charge in [-0.2, -0.15) is 0 Å². The Morgan fingerprint density at radius 1 is 1.29 bits per heavy atom. The lowest BCUT2D eigenvalue weighted by atomic mass is 10.0. The maximum atomic E-state index is 12.3. The minimum absolute atomic E-state index is 0.215. The van der Waals surface area contributed by atoms with Crippen LogP contribution < -0.4 is 0 Å². The van der Waals surface area contributed by atoms with E-state index in [1.54, 1.807) is 6.08 Å². The largest absolute Gasteiger partial charge is 0.372 e. The van der Waals surface area contributed by atoms with Gasteiger partial charge >= 0.3 is 0 Å². The lowest BCUT2D eigenvalue weighted by Crippen LogP contribution is -2.45. The Kier molecular flexibility index (Phi) is 4.60. The van der Waals surface area contributed by atoms with Crippen molar-refractivity contribution in [1.82, 2.24) is 4.90 Å². The molecular weight excluding hydrogens is 214 g/mol.